The number of anilines is 1. The van der Waals surface area contributed by atoms with E-state index in [0.717, 1.165) is 0 Å². The van der Waals surface area contributed by atoms with Crippen LogP contribution in [0.15, 0.2) is 40.7 Å². The molecule has 170 valence electrons. The van der Waals surface area contributed by atoms with E-state index >= 15 is 0 Å². The molecule has 0 aliphatic carbocycles. The van der Waals surface area contributed by atoms with E-state index < -0.39 is 20.9 Å². The topological polar surface area (TPSA) is 127 Å². The molecule has 0 aliphatic rings. The lowest BCUT2D eigenvalue weighted by Crippen LogP contribution is -2.30. The Labute approximate surface area is 189 Å². The molecule has 0 radical (unpaired) electrons. The smallest absolute Gasteiger partial charge is 0.274 e. The number of nitrogens with one attached hydrogen (secondary N) is 1. The molecule has 1 aromatic carbocycles. The summed E-state index contributed by atoms with van der Waals surface area (Å²) in [7, 11) is -2.10. The SMILES string of the molecule is CCN(CC)S(=O)(=O)c1cc(C(=O)Nc2nc(-c3ccc(C)c([N+](=O)[O-])c3)cs2)n(C)c1. The van der Waals surface area contributed by atoms with Gasteiger partial charge in [0.05, 0.1) is 10.6 Å². The number of benzene rings is 1. The number of rotatable bonds is 8. The van der Waals surface area contributed by atoms with Crippen LogP contribution < -0.4 is 5.32 Å². The number of aromatic nitrogens is 2. The number of thiazole rings is 1. The third-order valence-electron chi connectivity index (χ3n) is 4.98. The third kappa shape index (κ3) is 4.56. The first kappa shape index (κ1) is 23.6. The first-order valence-corrected chi connectivity index (χ1v) is 12.1. The van der Waals surface area contributed by atoms with Crippen LogP contribution in [0.25, 0.3) is 11.3 Å². The summed E-state index contributed by atoms with van der Waals surface area (Å²) in [6, 6.07) is 6.15. The van der Waals surface area contributed by atoms with E-state index in [1.54, 1.807) is 45.3 Å². The lowest BCUT2D eigenvalue weighted by Gasteiger charge is -2.17. The van der Waals surface area contributed by atoms with Crippen LogP contribution in [0.3, 0.4) is 0 Å². The fourth-order valence-corrected chi connectivity index (χ4v) is 5.45. The number of amides is 1. The molecule has 0 aliphatic heterocycles. The first-order valence-electron chi connectivity index (χ1n) is 9.77. The zero-order valence-electron chi connectivity index (χ0n) is 18.0. The van der Waals surface area contributed by atoms with Crippen molar-refractivity contribution in [1.82, 2.24) is 13.9 Å². The van der Waals surface area contributed by atoms with Gasteiger partial charge in [-0.25, -0.2) is 13.4 Å². The quantitative estimate of drug-likeness (QED) is 0.390. The van der Waals surface area contributed by atoms with Crippen molar-refractivity contribution in [1.29, 1.82) is 0 Å². The molecular formula is C20H23N5O5S2. The lowest BCUT2D eigenvalue weighted by atomic mass is 10.1. The number of sulfonamides is 1. The van der Waals surface area contributed by atoms with Crippen molar-refractivity contribution in [2.24, 2.45) is 7.05 Å². The van der Waals surface area contributed by atoms with Crippen LogP contribution >= 0.6 is 11.3 Å². The van der Waals surface area contributed by atoms with Crippen LogP contribution in [-0.2, 0) is 17.1 Å². The average Bonchev–Trinajstić information content (AvgIpc) is 3.36. The highest BCUT2D eigenvalue weighted by Crippen LogP contribution is 2.29. The fraction of sp³-hybridized carbons (Fsp3) is 0.300. The van der Waals surface area contributed by atoms with Gasteiger partial charge in [-0.3, -0.25) is 20.2 Å². The number of carbonyl (C=O) groups is 1. The standard InChI is InChI=1S/C20H23N5O5S2/c1-5-24(6-2)32(29,30)15-10-18(23(4)11-15)19(26)22-20-21-16(12-31-20)14-8-7-13(3)17(9-14)25(27)28/h7-12H,5-6H2,1-4H3,(H,21,22,26). The van der Waals surface area contributed by atoms with Gasteiger partial charge in [-0.1, -0.05) is 26.0 Å². The normalized spacial score (nSPS) is 11.7. The molecule has 0 unspecified atom stereocenters. The van der Waals surface area contributed by atoms with E-state index in [1.807, 2.05) is 0 Å². The second kappa shape index (κ2) is 9.18. The van der Waals surface area contributed by atoms with Crippen LogP contribution in [0, 0.1) is 17.0 Å². The highest BCUT2D eigenvalue weighted by atomic mass is 32.2. The number of nitro groups is 1. The number of aryl methyl sites for hydroxylation is 2. The number of hydrogen-bond acceptors (Lipinski definition) is 7. The van der Waals surface area contributed by atoms with Crippen LogP contribution in [-0.4, -0.2) is 46.2 Å². The third-order valence-corrected chi connectivity index (χ3v) is 7.75. The molecule has 2 heterocycles. The van der Waals surface area contributed by atoms with E-state index in [4.69, 9.17) is 0 Å². The van der Waals surface area contributed by atoms with Crippen molar-refractivity contribution < 1.29 is 18.1 Å². The molecule has 0 saturated carbocycles. The van der Waals surface area contributed by atoms with Crippen LogP contribution in [0.1, 0.15) is 29.9 Å². The maximum atomic E-state index is 12.8. The molecule has 12 heteroatoms. The number of nitrogens with zero attached hydrogens (tertiary/aromatic N) is 4. The maximum Gasteiger partial charge on any atom is 0.274 e. The van der Waals surface area contributed by atoms with Gasteiger partial charge in [-0.15, -0.1) is 11.3 Å². The van der Waals surface area contributed by atoms with E-state index in [1.165, 1.54) is 38.5 Å². The molecule has 0 fully saturated rings. The van der Waals surface area contributed by atoms with Gasteiger partial charge >= 0.3 is 0 Å². The predicted molar refractivity (Wildman–Crippen MR) is 122 cm³/mol. The Hall–Kier alpha value is -3.09. The summed E-state index contributed by atoms with van der Waals surface area (Å²) >= 11 is 1.17. The molecule has 0 atom stereocenters. The van der Waals surface area contributed by atoms with Gasteiger partial charge < -0.3 is 4.57 Å². The highest BCUT2D eigenvalue weighted by molar-refractivity contribution is 7.89. The van der Waals surface area contributed by atoms with E-state index in [-0.39, 0.29) is 16.3 Å². The lowest BCUT2D eigenvalue weighted by molar-refractivity contribution is -0.385. The minimum atomic E-state index is -3.69. The summed E-state index contributed by atoms with van der Waals surface area (Å²) in [5, 5.41) is 15.8. The Morgan fingerprint density at radius 1 is 1.28 bits per heavy atom. The fourth-order valence-electron chi connectivity index (χ4n) is 3.20. The molecule has 0 spiro atoms. The van der Waals surface area contributed by atoms with Crippen molar-refractivity contribution in [3.63, 3.8) is 0 Å². The Morgan fingerprint density at radius 2 is 1.97 bits per heavy atom. The zero-order valence-corrected chi connectivity index (χ0v) is 19.7. The minimum absolute atomic E-state index is 0.00756. The molecule has 0 bridgehead atoms. The van der Waals surface area contributed by atoms with Crippen LogP contribution in [0.4, 0.5) is 10.8 Å². The van der Waals surface area contributed by atoms with Crippen LogP contribution in [0.5, 0.6) is 0 Å². The van der Waals surface area contributed by atoms with Gasteiger partial charge in [-0.2, -0.15) is 4.31 Å². The molecule has 0 saturated heterocycles. The second-order valence-corrected chi connectivity index (χ2v) is 9.81. The highest BCUT2D eigenvalue weighted by Gasteiger charge is 2.25. The van der Waals surface area contributed by atoms with Crippen molar-refractivity contribution >= 4 is 38.1 Å². The van der Waals surface area contributed by atoms with Gasteiger partial charge in [-0.05, 0) is 13.0 Å². The Bertz CT molecular complexity index is 1280. The summed E-state index contributed by atoms with van der Waals surface area (Å²) in [6.45, 7) is 5.81. The predicted octanol–water partition coefficient (Wildman–Crippen LogP) is 3.65. The molecule has 10 nitrogen and oxygen atoms in total. The molecule has 3 rings (SSSR count). The van der Waals surface area contributed by atoms with E-state index in [0.29, 0.717) is 35.0 Å². The molecule has 1 N–H and O–H groups in total. The Morgan fingerprint density at radius 3 is 2.59 bits per heavy atom. The van der Waals surface area contributed by atoms with Gasteiger partial charge in [0.1, 0.15) is 10.6 Å². The number of hydrogen-bond donors (Lipinski definition) is 1. The largest absolute Gasteiger partial charge is 0.345 e. The number of nitro benzene ring substituents is 1. The monoisotopic (exact) mass is 477 g/mol. The molecule has 2 aromatic heterocycles. The van der Waals surface area contributed by atoms with Gasteiger partial charge in [0.2, 0.25) is 10.0 Å². The summed E-state index contributed by atoms with van der Waals surface area (Å²) < 4.78 is 28.2. The molecule has 32 heavy (non-hydrogen) atoms. The van der Waals surface area contributed by atoms with Gasteiger partial charge in [0.25, 0.3) is 11.6 Å². The van der Waals surface area contributed by atoms with Gasteiger partial charge in [0, 0.05) is 48.9 Å². The Balaban J connectivity index is 1.83. The van der Waals surface area contributed by atoms with Crippen molar-refractivity contribution in [3.8, 4) is 11.3 Å². The van der Waals surface area contributed by atoms with Crippen molar-refractivity contribution in [2.75, 3.05) is 18.4 Å². The summed E-state index contributed by atoms with van der Waals surface area (Å²) in [5.41, 5.74) is 1.75. The van der Waals surface area contributed by atoms with E-state index in [9.17, 15) is 23.3 Å². The summed E-state index contributed by atoms with van der Waals surface area (Å²) in [5.74, 6) is -0.510. The van der Waals surface area contributed by atoms with E-state index in [2.05, 4.69) is 10.3 Å². The minimum Gasteiger partial charge on any atom is -0.345 e. The second-order valence-electron chi connectivity index (χ2n) is 7.01. The first-order chi connectivity index (χ1) is 15.1. The van der Waals surface area contributed by atoms with Gasteiger partial charge in [0.15, 0.2) is 5.13 Å². The molecule has 1 amide bonds. The number of carbonyl (C=O) groups excluding carboxylic acids is 1. The summed E-state index contributed by atoms with van der Waals surface area (Å²) in [4.78, 5) is 27.9. The van der Waals surface area contributed by atoms with Crippen molar-refractivity contribution in [3.05, 3.63) is 57.2 Å². The zero-order chi connectivity index (χ0) is 23.6. The average molecular weight is 478 g/mol. The maximum absolute atomic E-state index is 12.8. The molecular weight excluding hydrogens is 454 g/mol. The Kier molecular flexibility index (Phi) is 6.77. The summed E-state index contributed by atoms with van der Waals surface area (Å²) in [6.07, 6.45) is 1.40. The van der Waals surface area contributed by atoms with Crippen molar-refractivity contribution in [2.45, 2.75) is 25.7 Å². The van der Waals surface area contributed by atoms with Crippen LogP contribution in [0.2, 0.25) is 0 Å². The molecule has 3 aromatic rings.